The minimum absolute atomic E-state index is 0.136. The quantitative estimate of drug-likeness (QED) is 0.669. The van der Waals surface area contributed by atoms with Crippen LogP contribution in [0.5, 0.6) is 5.95 Å². The maximum atomic E-state index is 10.2. The third kappa shape index (κ3) is 2.13. The Morgan fingerprint density at radius 2 is 2.53 bits per heavy atom. The number of anilines is 1. The molecule has 0 saturated carbocycles. The second-order valence-electron chi connectivity index (χ2n) is 3.79. The predicted octanol–water partition coefficient (Wildman–Crippen LogP) is 0.319. The summed E-state index contributed by atoms with van der Waals surface area (Å²) in [4.78, 5) is 5.90. The number of aliphatic imine (C=N–C) groups is 1. The summed E-state index contributed by atoms with van der Waals surface area (Å²) in [5.74, 6) is 3.36. The summed E-state index contributed by atoms with van der Waals surface area (Å²) in [6.45, 7) is 0.458. The Kier molecular flexibility index (Phi) is 3.05. The molecule has 1 aromatic rings. The van der Waals surface area contributed by atoms with Crippen LogP contribution >= 0.6 is 7.92 Å². The Labute approximate surface area is 109 Å². The molecule has 0 aliphatic carbocycles. The fourth-order valence-electron chi connectivity index (χ4n) is 1.88. The normalized spacial score (nSPS) is 20.8. The average molecular weight is 279 g/mol. The summed E-state index contributed by atoms with van der Waals surface area (Å²) in [5, 5.41) is 6.15. The molecule has 0 aromatic carbocycles. The van der Waals surface area contributed by atoms with E-state index in [2.05, 4.69) is 21.4 Å². The molecule has 4 N–H and O–H groups in total. The van der Waals surface area contributed by atoms with Crippen molar-refractivity contribution >= 4 is 20.1 Å². The van der Waals surface area contributed by atoms with E-state index in [1.165, 1.54) is 0 Å². The van der Waals surface area contributed by atoms with Crippen LogP contribution in [0.2, 0.25) is 0 Å². The van der Waals surface area contributed by atoms with Gasteiger partial charge in [-0.2, -0.15) is 0 Å². The molecule has 1 unspecified atom stereocenters. The molecule has 98 valence electrons. The molecule has 0 spiro atoms. The third-order valence-electron chi connectivity index (χ3n) is 2.74. The third-order valence-corrected chi connectivity index (χ3v) is 2.91. The number of nitrogens with one attached hydrogen (secondary N) is 2. The van der Waals surface area contributed by atoms with Crippen molar-refractivity contribution < 1.29 is 13.7 Å². The molecule has 1 aromatic heterocycles. The second kappa shape index (κ2) is 4.85. The number of hydrogen-bond donors (Lipinski definition) is 3. The molecule has 3 heterocycles. The first-order valence-electron chi connectivity index (χ1n) is 5.42. The molecule has 2 aliphatic heterocycles. The number of fused-ring (bicyclic) bond motifs is 1. The molecule has 1 atom stereocenters. The van der Waals surface area contributed by atoms with Crippen molar-refractivity contribution in [2.45, 2.75) is 6.17 Å². The molecule has 19 heavy (non-hydrogen) atoms. The molecule has 0 amide bonds. The van der Waals surface area contributed by atoms with Crippen molar-refractivity contribution in [3.63, 3.8) is 0 Å². The predicted molar refractivity (Wildman–Crippen MR) is 67.9 cm³/mol. The van der Waals surface area contributed by atoms with Gasteiger partial charge in [-0.1, -0.05) is 0 Å². The van der Waals surface area contributed by atoms with Crippen molar-refractivity contribution in [1.29, 1.82) is 0 Å². The van der Waals surface area contributed by atoms with E-state index in [9.17, 15) is 4.57 Å². The van der Waals surface area contributed by atoms with Gasteiger partial charge in [0.15, 0.2) is 0 Å². The van der Waals surface area contributed by atoms with Crippen LogP contribution in [0.1, 0.15) is 0 Å². The molecule has 0 radical (unpaired) electrons. The van der Waals surface area contributed by atoms with Crippen molar-refractivity contribution in [3.8, 4) is 11.8 Å². The van der Waals surface area contributed by atoms with Crippen LogP contribution in [0.4, 0.5) is 5.88 Å². The molecule has 0 fully saturated rings. The Morgan fingerprint density at radius 3 is 3.37 bits per heavy atom. The molecular weight excluding hydrogens is 269 g/mol. The molecular formula is C10H10N5O3P. The van der Waals surface area contributed by atoms with E-state index < -0.39 is 0 Å². The first-order chi connectivity index (χ1) is 9.29. The van der Waals surface area contributed by atoms with E-state index >= 15 is 0 Å². The van der Waals surface area contributed by atoms with E-state index in [1.54, 1.807) is 23.4 Å². The SMILES string of the molecule is NC1=C2NC=NC2NCN1c1ccc(OC#P=O)o1. The number of hydrogen-bond acceptors (Lipinski definition) is 8. The van der Waals surface area contributed by atoms with Gasteiger partial charge < -0.3 is 0 Å². The summed E-state index contributed by atoms with van der Waals surface area (Å²) in [7, 11) is -0.344. The van der Waals surface area contributed by atoms with Gasteiger partial charge in [0.05, 0.1) is 0 Å². The van der Waals surface area contributed by atoms with E-state index in [1.807, 2.05) is 0 Å². The molecule has 0 saturated heterocycles. The van der Waals surface area contributed by atoms with Crippen LogP contribution in [-0.4, -0.2) is 19.2 Å². The molecule has 2 aliphatic rings. The van der Waals surface area contributed by atoms with Gasteiger partial charge in [-0.15, -0.1) is 0 Å². The number of ether oxygens (including phenoxy) is 1. The molecule has 8 nitrogen and oxygen atoms in total. The summed E-state index contributed by atoms with van der Waals surface area (Å²) in [6, 6.07) is 3.29. The number of rotatable bonds is 2. The molecule has 0 bridgehead atoms. The Bertz CT molecular complexity index is 661. The zero-order chi connectivity index (χ0) is 13.2. The van der Waals surface area contributed by atoms with Gasteiger partial charge >= 0.3 is 108 Å². The van der Waals surface area contributed by atoms with Crippen molar-refractivity contribution in [3.05, 3.63) is 23.7 Å². The monoisotopic (exact) mass is 279 g/mol. The second-order valence-corrected chi connectivity index (χ2v) is 4.16. The van der Waals surface area contributed by atoms with Crippen molar-refractivity contribution in [1.82, 2.24) is 10.6 Å². The van der Waals surface area contributed by atoms with E-state index in [4.69, 9.17) is 14.9 Å². The fourth-order valence-corrected chi connectivity index (χ4v) is 2.01. The number of nitrogens with two attached hydrogens (primary N) is 1. The van der Waals surface area contributed by atoms with Gasteiger partial charge in [0.1, 0.15) is 0 Å². The Balaban J connectivity index is 1.86. The van der Waals surface area contributed by atoms with Crippen molar-refractivity contribution in [2.24, 2.45) is 10.7 Å². The molecule has 3 rings (SSSR count). The fraction of sp³-hybridized carbons (Fsp3) is 0.200. The first-order valence-corrected chi connectivity index (χ1v) is 6.23. The van der Waals surface area contributed by atoms with E-state index in [0.717, 1.165) is 5.70 Å². The summed E-state index contributed by atoms with van der Waals surface area (Å²) >= 11 is 0. The van der Waals surface area contributed by atoms with Gasteiger partial charge in [-0.05, 0) is 0 Å². The van der Waals surface area contributed by atoms with Crippen LogP contribution in [0.25, 0.3) is 0 Å². The van der Waals surface area contributed by atoms with Crippen molar-refractivity contribution in [2.75, 3.05) is 11.6 Å². The van der Waals surface area contributed by atoms with Crippen LogP contribution < -0.4 is 26.0 Å². The van der Waals surface area contributed by atoms with Crippen LogP contribution in [0.15, 0.2) is 33.1 Å². The maximum absolute atomic E-state index is 10.2. The summed E-state index contributed by atoms with van der Waals surface area (Å²) in [6.07, 6.45) is 1.46. The Hall–Kier alpha value is -2.14. The van der Waals surface area contributed by atoms with Crippen LogP contribution in [0, 0.1) is 5.81 Å². The number of furan rings is 1. The first kappa shape index (κ1) is 11.9. The van der Waals surface area contributed by atoms with E-state index in [-0.39, 0.29) is 20.0 Å². The standard InChI is InChI=1S/C10H10N5O3P/c11-9-8-10(13-3-12-8)14-4-15(9)6-1-2-7(18-6)17-5-19-16/h1-3,10,14H,4,11H2,(H,12,13). The van der Waals surface area contributed by atoms with Crippen LogP contribution in [0.3, 0.4) is 0 Å². The summed E-state index contributed by atoms with van der Waals surface area (Å²) < 4.78 is 20.5. The molecule has 9 heteroatoms. The van der Waals surface area contributed by atoms with Gasteiger partial charge in [-0.3, -0.25) is 0 Å². The topological polar surface area (TPSA) is 105 Å². The zero-order valence-corrected chi connectivity index (χ0v) is 10.6. The van der Waals surface area contributed by atoms with Gasteiger partial charge in [0.2, 0.25) is 0 Å². The van der Waals surface area contributed by atoms with Gasteiger partial charge in [-0.25, -0.2) is 0 Å². The average Bonchev–Trinajstić information content (AvgIpc) is 3.05. The minimum atomic E-state index is -0.344. The van der Waals surface area contributed by atoms with Gasteiger partial charge in [0.25, 0.3) is 0 Å². The Morgan fingerprint density at radius 1 is 1.63 bits per heavy atom. The van der Waals surface area contributed by atoms with Crippen LogP contribution in [-0.2, 0) is 4.57 Å². The zero-order valence-electron chi connectivity index (χ0n) is 9.66. The summed E-state index contributed by atoms with van der Waals surface area (Å²) in [5.41, 5.74) is 6.84. The number of nitrogens with zero attached hydrogens (tertiary/aromatic N) is 2. The van der Waals surface area contributed by atoms with E-state index in [0.29, 0.717) is 18.4 Å². The van der Waals surface area contributed by atoms with Gasteiger partial charge in [0, 0.05) is 0 Å².